The van der Waals surface area contributed by atoms with Gasteiger partial charge in [0.25, 0.3) is 0 Å². The molecule has 0 atom stereocenters. The fourth-order valence-electron chi connectivity index (χ4n) is 1.08. The van der Waals surface area contributed by atoms with Crippen molar-refractivity contribution < 1.29 is 9.53 Å². The van der Waals surface area contributed by atoms with Gasteiger partial charge in [-0.1, -0.05) is 6.92 Å². The Hall–Kier alpha value is -1.87. The number of ether oxygens (including phenoxy) is 1. The molecular weight excluding hydrogens is 208 g/mol. The molecule has 0 radical (unpaired) electrons. The number of carbonyl (C=O) groups is 1. The maximum absolute atomic E-state index is 11.4. The van der Waals surface area contributed by atoms with Crippen LogP contribution in [0.2, 0.25) is 0 Å². The van der Waals surface area contributed by atoms with Gasteiger partial charge in [-0.15, -0.1) is 0 Å². The van der Waals surface area contributed by atoms with Crippen LogP contribution in [0.1, 0.15) is 25.3 Å². The average Bonchev–Trinajstić information content (AvgIpc) is 2.71. The maximum atomic E-state index is 11.4. The Balaban J connectivity index is 2.32. The number of nitriles is 1. The minimum absolute atomic E-state index is 0.197. The summed E-state index contributed by atoms with van der Waals surface area (Å²) in [6, 6.07) is 1.92. The van der Waals surface area contributed by atoms with E-state index in [0.29, 0.717) is 24.6 Å². The molecule has 0 aliphatic carbocycles. The highest BCUT2D eigenvalue weighted by atomic mass is 16.5. The third-order valence-electron chi connectivity index (χ3n) is 1.85. The first kappa shape index (κ1) is 12.2. The first-order valence-electron chi connectivity index (χ1n) is 5.09. The van der Waals surface area contributed by atoms with Gasteiger partial charge < -0.3 is 10.1 Å². The molecule has 0 aromatic carbocycles. The highest BCUT2D eigenvalue weighted by Gasteiger charge is 2.07. The van der Waals surface area contributed by atoms with Crippen molar-refractivity contribution in [1.29, 1.82) is 5.26 Å². The molecule has 0 aliphatic rings. The van der Waals surface area contributed by atoms with E-state index in [1.807, 2.05) is 13.0 Å². The highest BCUT2D eigenvalue weighted by Crippen LogP contribution is 2.08. The van der Waals surface area contributed by atoms with Gasteiger partial charge in [-0.25, -0.2) is 0 Å². The zero-order valence-electron chi connectivity index (χ0n) is 9.12. The molecule has 0 fully saturated rings. The van der Waals surface area contributed by atoms with Crippen LogP contribution in [0.3, 0.4) is 0 Å². The fraction of sp³-hybridized carbons (Fsp3) is 0.500. The smallest absolute Gasteiger partial charge is 0.227 e. The number of amides is 1. The standard InChI is InChI=1S/C10H14N4O2/c1-2-4-16-5-3-9(15)13-10-8(6-11)7-12-14-10/h7H,2-5H2,1H3,(H2,12,13,14,15). The van der Waals surface area contributed by atoms with E-state index in [4.69, 9.17) is 10.00 Å². The molecule has 1 aromatic heterocycles. The Morgan fingerprint density at radius 2 is 2.50 bits per heavy atom. The fourth-order valence-corrected chi connectivity index (χ4v) is 1.08. The largest absolute Gasteiger partial charge is 0.381 e. The van der Waals surface area contributed by atoms with Crippen LogP contribution in [0.25, 0.3) is 0 Å². The summed E-state index contributed by atoms with van der Waals surface area (Å²) >= 11 is 0. The van der Waals surface area contributed by atoms with Crippen LogP contribution in [0, 0.1) is 11.3 Å². The summed E-state index contributed by atoms with van der Waals surface area (Å²) in [4.78, 5) is 11.4. The minimum Gasteiger partial charge on any atom is -0.381 e. The summed E-state index contributed by atoms with van der Waals surface area (Å²) < 4.78 is 5.18. The molecule has 6 heteroatoms. The predicted octanol–water partition coefficient (Wildman–Crippen LogP) is 1.04. The van der Waals surface area contributed by atoms with Gasteiger partial charge >= 0.3 is 0 Å². The van der Waals surface area contributed by atoms with Crippen LogP contribution in [-0.2, 0) is 9.53 Å². The van der Waals surface area contributed by atoms with Gasteiger partial charge in [0.1, 0.15) is 17.5 Å². The van der Waals surface area contributed by atoms with Gasteiger partial charge in [-0.05, 0) is 6.42 Å². The predicted molar refractivity (Wildman–Crippen MR) is 57.7 cm³/mol. The third-order valence-corrected chi connectivity index (χ3v) is 1.85. The molecule has 0 bridgehead atoms. The van der Waals surface area contributed by atoms with Gasteiger partial charge in [0.15, 0.2) is 0 Å². The molecule has 0 saturated carbocycles. The Labute approximate surface area is 93.6 Å². The molecule has 0 unspecified atom stereocenters. The zero-order chi connectivity index (χ0) is 11.8. The van der Waals surface area contributed by atoms with Crippen LogP contribution in [-0.4, -0.2) is 29.3 Å². The lowest BCUT2D eigenvalue weighted by molar-refractivity contribution is -0.117. The third kappa shape index (κ3) is 3.71. The number of rotatable bonds is 6. The molecule has 2 N–H and O–H groups in total. The highest BCUT2D eigenvalue weighted by molar-refractivity contribution is 5.90. The molecule has 1 rings (SSSR count). The second-order valence-corrected chi connectivity index (χ2v) is 3.18. The molecular formula is C10H14N4O2. The summed E-state index contributed by atoms with van der Waals surface area (Å²) in [5, 5.41) is 17.4. The monoisotopic (exact) mass is 222 g/mol. The van der Waals surface area contributed by atoms with Crippen LogP contribution in [0.5, 0.6) is 0 Å². The summed E-state index contributed by atoms with van der Waals surface area (Å²) in [6.45, 7) is 3.04. The van der Waals surface area contributed by atoms with E-state index < -0.39 is 0 Å². The Morgan fingerprint density at radius 3 is 3.19 bits per heavy atom. The lowest BCUT2D eigenvalue weighted by Crippen LogP contribution is -2.15. The van der Waals surface area contributed by atoms with Crippen molar-refractivity contribution in [3.8, 4) is 6.07 Å². The van der Waals surface area contributed by atoms with E-state index in [0.717, 1.165) is 6.42 Å². The van der Waals surface area contributed by atoms with E-state index in [1.165, 1.54) is 6.20 Å². The van der Waals surface area contributed by atoms with Crippen LogP contribution in [0.15, 0.2) is 6.20 Å². The number of carbonyl (C=O) groups excluding carboxylic acids is 1. The molecule has 86 valence electrons. The van der Waals surface area contributed by atoms with Gasteiger partial charge in [-0.2, -0.15) is 10.4 Å². The second-order valence-electron chi connectivity index (χ2n) is 3.18. The molecule has 1 aromatic rings. The van der Waals surface area contributed by atoms with Crippen molar-refractivity contribution in [2.24, 2.45) is 0 Å². The van der Waals surface area contributed by atoms with Crippen molar-refractivity contribution in [3.05, 3.63) is 11.8 Å². The average molecular weight is 222 g/mol. The van der Waals surface area contributed by atoms with E-state index in [1.54, 1.807) is 0 Å². The Bertz CT molecular complexity index is 380. The summed E-state index contributed by atoms with van der Waals surface area (Å²) in [7, 11) is 0. The molecule has 0 saturated heterocycles. The Kier molecular flexibility index (Phi) is 5.02. The second kappa shape index (κ2) is 6.58. The van der Waals surface area contributed by atoms with Crippen molar-refractivity contribution in [3.63, 3.8) is 0 Å². The van der Waals surface area contributed by atoms with Gasteiger partial charge in [0, 0.05) is 6.61 Å². The van der Waals surface area contributed by atoms with Gasteiger partial charge in [-0.3, -0.25) is 9.89 Å². The maximum Gasteiger partial charge on any atom is 0.227 e. The summed E-state index contributed by atoms with van der Waals surface area (Å²) in [5.41, 5.74) is 0.322. The van der Waals surface area contributed by atoms with E-state index in [2.05, 4.69) is 15.5 Å². The lowest BCUT2D eigenvalue weighted by Gasteiger charge is -2.03. The first-order chi connectivity index (χ1) is 7.77. The zero-order valence-corrected chi connectivity index (χ0v) is 9.12. The SMILES string of the molecule is CCCOCCC(=O)Nc1[nH]ncc1C#N. The van der Waals surface area contributed by atoms with Crippen molar-refractivity contribution >= 4 is 11.7 Å². The van der Waals surface area contributed by atoms with Gasteiger partial charge in [0.05, 0.1) is 19.2 Å². The van der Waals surface area contributed by atoms with Crippen molar-refractivity contribution in [2.75, 3.05) is 18.5 Å². The molecule has 1 amide bonds. The van der Waals surface area contributed by atoms with E-state index >= 15 is 0 Å². The summed E-state index contributed by atoms with van der Waals surface area (Å²) in [6.07, 6.45) is 2.56. The molecule has 0 aliphatic heterocycles. The normalized spacial score (nSPS) is 9.75. The summed E-state index contributed by atoms with van der Waals surface area (Å²) in [5.74, 6) is 0.139. The molecule has 16 heavy (non-hydrogen) atoms. The van der Waals surface area contributed by atoms with Crippen LogP contribution < -0.4 is 5.32 Å². The first-order valence-corrected chi connectivity index (χ1v) is 5.09. The number of hydrogen-bond acceptors (Lipinski definition) is 4. The molecule has 6 nitrogen and oxygen atoms in total. The molecule has 0 spiro atoms. The number of nitrogens with one attached hydrogen (secondary N) is 2. The van der Waals surface area contributed by atoms with Crippen LogP contribution in [0.4, 0.5) is 5.82 Å². The number of nitrogens with zero attached hydrogens (tertiary/aromatic N) is 2. The molecule has 1 heterocycles. The lowest BCUT2D eigenvalue weighted by atomic mass is 10.3. The van der Waals surface area contributed by atoms with Crippen molar-refractivity contribution in [1.82, 2.24) is 10.2 Å². The minimum atomic E-state index is -0.197. The quantitative estimate of drug-likeness (QED) is 0.703. The number of hydrogen-bond donors (Lipinski definition) is 2. The number of aromatic amines is 1. The van der Waals surface area contributed by atoms with Crippen molar-refractivity contribution in [2.45, 2.75) is 19.8 Å². The number of anilines is 1. The number of aromatic nitrogens is 2. The number of H-pyrrole nitrogens is 1. The van der Waals surface area contributed by atoms with E-state index in [-0.39, 0.29) is 12.3 Å². The van der Waals surface area contributed by atoms with E-state index in [9.17, 15) is 4.79 Å². The topological polar surface area (TPSA) is 90.8 Å². The van der Waals surface area contributed by atoms with Gasteiger partial charge in [0.2, 0.25) is 5.91 Å². The van der Waals surface area contributed by atoms with Crippen LogP contribution >= 0.6 is 0 Å². The Morgan fingerprint density at radius 1 is 1.69 bits per heavy atom.